The highest BCUT2D eigenvalue weighted by atomic mass is 16.4. The Morgan fingerprint density at radius 2 is 2.00 bits per heavy atom. The van der Waals surface area contributed by atoms with Crippen LogP contribution < -0.4 is 4.90 Å². The lowest BCUT2D eigenvalue weighted by molar-refractivity contribution is -0.135. The van der Waals surface area contributed by atoms with E-state index in [0.29, 0.717) is 0 Å². The Labute approximate surface area is 99.8 Å². The Hall–Kier alpha value is -1.91. The molecule has 1 fully saturated rings. The molecule has 0 unspecified atom stereocenters. The number of nitrogens with zero attached hydrogens (tertiary/aromatic N) is 3. The predicted octanol–water partition coefficient (Wildman–Crippen LogP) is 1.56. The van der Waals surface area contributed by atoms with E-state index in [1.807, 2.05) is 0 Å². The predicted molar refractivity (Wildman–Crippen MR) is 64.8 cm³/mol. The molecule has 0 saturated carbocycles. The van der Waals surface area contributed by atoms with E-state index in [2.05, 4.69) is 14.9 Å². The van der Waals surface area contributed by atoms with Crippen LogP contribution in [0.2, 0.25) is 0 Å². The number of aromatic nitrogens is 2. The van der Waals surface area contributed by atoms with Crippen LogP contribution in [-0.4, -0.2) is 34.1 Å². The van der Waals surface area contributed by atoms with Gasteiger partial charge in [0.05, 0.1) is 6.42 Å². The lowest BCUT2D eigenvalue weighted by Crippen LogP contribution is -2.20. The molecule has 1 N–H and O–H groups in total. The maximum Gasteiger partial charge on any atom is 0.307 e. The van der Waals surface area contributed by atoms with Crippen molar-refractivity contribution < 1.29 is 9.90 Å². The summed E-state index contributed by atoms with van der Waals surface area (Å²) in [5.41, 5.74) is 0.828. The average Bonchev–Trinajstić information content (AvgIpc) is 2.83. The Kier molecular flexibility index (Phi) is 3.69. The van der Waals surface area contributed by atoms with E-state index in [-0.39, 0.29) is 6.42 Å². The number of carboxylic acid groups (broad SMARTS) is 1. The monoisotopic (exact) mass is 233 g/mol. The second-order valence-corrected chi connectivity index (χ2v) is 4.01. The Morgan fingerprint density at radius 1 is 1.35 bits per heavy atom. The molecule has 1 aromatic rings. The number of hydrogen-bond donors (Lipinski definition) is 1. The largest absolute Gasteiger partial charge is 0.481 e. The van der Waals surface area contributed by atoms with Crippen molar-refractivity contribution >= 4 is 18.0 Å². The van der Waals surface area contributed by atoms with Crippen molar-refractivity contribution in [3.05, 3.63) is 24.0 Å². The lowest BCUT2D eigenvalue weighted by Gasteiger charge is -2.14. The standard InChI is InChI=1S/C12H15N3O2/c16-11(17)5-3-4-10-8-13-12(14-9-10)15-6-1-2-7-15/h3-4,8-9H,1-2,5-7H2,(H,16,17). The van der Waals surface area contributed by atoms with Crippen LogP contribution in [0.25, 0.3) is 6.08 Å². The van der Waals surface area contributed by atoms with Gasteiger partial charge < -0.3 is 10.0 Å². The first kappa shape index (κ1) is 11.6. The second-order valence-electron chi connectivity index (χ2n) is 4.01. The zero-order valence-corrected chi connectivity index (χ0v) is 9.54. The molecule has 1 aliphatic rings. The van der Waals surface area contributed by atoms with E-state index in [1.54, 1.807) is 24.5 Å². The molecular formula is C12H15N3O2. The molecule has 0 bridgehead atoms. The molecule has 1 aromatic heterocycles. The van der Waals surface area contributed by atoms with Crippen molar-refractivity contribution in [1.29, 1.82) is 0 Å². The zero-order chi connectivity index (χ0) is 12.1. The van der Waals surface area contributed by atoms with Gasteiger partial charge in [-0.05, 0) is 12.8 Å². The van der Waals surface area contributed by atoms with Gasteiger partial charge in [-0.25, -0.2) is 9.97 Å². The van der Waals surface area contributed by atoms with Crippen LogP contribution in [-0.2, 0) is 4.79 Å². The van der Waals surface area contributed by atoms with Crippen molar-refractivity contribution in [2.75, 3.05) is 18.0 Å². The molecule has 1 saturated heterocycles. The first-order valence-electron chi connectivity index (χ1n) is 5.71. The Balaban J connectivity index is 1.97. The third kappa shape index (κ3) is 3.27. The minimum Gasteiger partial charge on any atom is -0.481 e. The van der Waals surface area contributed by atoms with Gasteiger partial charge in [-0.15, -0.1) is 0 Å². The van der Waals surface area contributed by atoms with Gasteiger partial charge in [-0.1, -0.05) is 12.2 Å². The van der Waals surface area contributed by atoms with Crippen LogP contribution in [0, 0.1) is 0 Å². The molecule has 2 heterocycles. The summed E-state index contributed by atoms with van der Waals surface area (Å²) in [6.07, 6.45) is 9.18. The van der Waals surface area contributed by atoms with Crippen molar-refractivity contribution in [2.45, 2.75) is 19.3 Å². The van der Waals surface area contributed by atoms with Crippen molar-refractivity contribution in [3.63, 3.8) is 0 Å². The lowest BCUT2D eigenvalue weighted by atomic mass is 10.3. The summed E-state index contributed by atoms with van der Waals surface area (Å²) in [7, 11) is 0. The van der Waals surface area contributed by atoms with Gasteiger partial charge >= 0.3 is 5.97 Å². The molecule has 0 radical (unpaired) electrons. The fourth-order valence-electron chi connectivity index (χ4n) is 1.79. The third-order valence-corrected chi connectivity index (χ3v) is 2.65. The number of hydrogen-bond acceptors (Lipinski definition) is 4. The summed E-state index contributed by atoms with van der Waals surface area (Å²) < 4.78 is 0. The van der Waals surface area contributed by atoms with E-state index in [4.69, 9.17) is 5.11 Å². The molecule has 0 spiro atoms. The van der Waals surface area contributed by atoms with Crippen LogP contribution in [0.4, 0.5) is 5.95 Å². The van der Waals surface area contributed by atoms with Gasteiger partial charge in [0.1, 0.15) is 0 Å². The van der Waals surface area contributed by atoms with Crippen LogP contribution in [0.3, 0.4) is 0 Å². The maximum atomic E-state index is 10.3. The topological polar surface area (TPSA) is 66.3 Å². The fourth-order valence-corrected chi connectivity index (χ4v) is 1.79. The van der Waals surface area contributed by atoms with Crippen LogP contribution in [0.15, 0.2) is 18.5 Å². The van der Waals surface area contributed by atoms with Crippen LogP contribution in [0.5, 0.6) is 0 Å². The van der Waals surface area contributed by atoms with E-state index in [9.17, 15) is 4.79 Å². The van der Waals surface area contributed by atoms with Gasteiger partial charge in [0.25, 0.3) is 0 Å². The minimum absolute atomic E-state index is 0.0217. The first-order chi connectivity index (χ1) is 8.25. The smallest absolute Gasteiger partial charge is 0.307 e. The highest BCUT2D eigenvalue weighted by Crippen LogP contribution is 2.15. The summed E-state index contributed by atoms with van der Waals surface area (Å²) in [5.74, 6) is -0.0752. The average molecular weight is 233 g/mol. The van der Waals surface area contributed by atoms with Gasteiger partial charge in [-0.2, -0.15) is 0 Å². The van der Waals surface area contributed by atoms with Crippen molar-refractivity contribution in [2.24, 2.45) is 0 Å². The third-order valence-electron chi connectivity index (χ3n) is 2.65. The second kappa shape index (κ2) is 5.43. The quantitative estimate of drug-likeness (QED) is 0.855. The summed E-state index contributed by atoms with van der Waals surface area (Å²) in [4.78, 5) is 21.0. The molecule has 5 nitrogen and oxygen atoms in total. The molecule has 0 aromatic carbocycles. The van der Waals surface area contributed by atoms with Crippen molar-refractivity contribution in [1.82, 2.24) is 9.97 Å². The zero-order valence-electron chi connectivity index (χ0n) is 9.54. The molecule has 2 rings (SSSR count). The van der Waals surface area contributed by atoms with Crippen molar-refractivity contribution in [3.8, 4) is 0 Å². The molecular weight excluding hydrogens is 218 g/mol. The molecule has 0 atom stereocenters. The normalized spacial score (nSPS) is 15.6. The fraction of sp³-hybridized carbons (Fsp3) is 0.417. The SMILES string of the molecule is O=C(O)CC=Cc1cnc(N2CCCC2)nc1. The number of carbonyl (C=O) groups is 1. The Morgan fingerprint density at radius 3 is 2.59 bits per heavy atom. The van der Waals surface area contributed by atoms with E-state index in [1.165, 1.54) is 12.8 Å². The Bertz CT molecular complexity index is 408. The summed E-state index contributed by atoms with van der Waals surface area (Å²) >= 11 is 0. The minimum atomic E-state index is -0.837. The molecule has 1 aliphatic heterocycles. The van der Waals surface area contributed by atoms with E-state index >= 15 is 0 Å². The summed E-state index contributed by atoms with van der Waals surface area (Å²) in [6.45, 7) is 2.04. The highest BCUT2D eigenvalue weighted by molar-refractivity contribution is 5.70. The molecule has 0 amide bonds. The first-order valence-corrected chi connectivity index (χ1v) is 5.71. The van der Waals surface area contributed by atoms with Gasteiger partial charge in [0.2, 0.25) is 5.95 Å². The number of rotatable bonds is 4. The molecule has 17 heavy (non-hydrogen) atoms. The number of anilines is 1. The van der Waals surface area contributed by atoms with E-state index in [0.717, 1.165) is 24.6 Å². The summed E-state index contributed by atoms with van der Waals surface area (Å²) in [6, 6.07) is 0. The van der Waals surface area contributed by atoms with Gasteiger partial charge in [-0.3, -0.25) is 4.79 Å². The molecule has 5 heteroatoms. The number of carboxylic acids is 1. The van der Waals surface area contributed by atoms with Crippen LogP contribution in [0.1, 0.15) is 24.8 Å². The van der Waals surface area contributed by atoms with Gasteiger partial charge in [0.15, 0.2) is 0 Å². The van der Waals surface area contributed by atoms with Crippen LogP contribution >= 0.6 is 0 Å². The molecule has 90 valence electrons. The maximum absolute atomic E-state index is 10.3. The van der Waals surface area contributed by atoms with Gasteiger partial charge in [0, 0.05) is 31.0 Å². The summed E-state index contributed by atoms with van der Waals surface area (Å²) in [5, 5.41) is 8.49. The van der Waals surface area contributed by atoms with E-state index < -0.39 is 5.97 Å². The number of aliphatic carboxylic acids is 1. The highest BCUT2D eigenvalue weighted by Gasteiger charge is 2.13. The molecule has 0 aliphatic carbocycles.